The average molecular weight is 395 g/mol. The second kappa shape index (κ2) is 8.80. The second-order valence-corrected chi connectivity index (χ2v) is 6.35. The molecule has 4 rings (SSSR count). The van der Waals surface area contributed by atoms with Crippen LogP contribution in [0.15, 0.2) is 52.7 Å². The van der Waals surface area contributed by atoms with Gasteiger partial charge in [-0.05, 0) is 24.3 Å². The van der Waals surface area contributed by atoms with Crippen molar-refractivity contribution >= 4 is 23.4 Å². The lowest BCUT2D eigenvalue weighted by molar-refractivity contribution is 0.0705. The fourth-order valence-corrected chi connectivity index (χ4v) is 3.09. The quantitative estimate of drug-likeness (QED) is 0.676. The van der Waals surface area contributed by atoms with Crippen LogP contribution < -0.4 is 10.1 Å². The van der Waals surface area contributed by atoms with Crippen LogP contribution in [-0.4, -0.2) is 72.2 Å². The molecular weight excluding hydrogens is 374 g/mol. The largest absolute Gasteiger partial charge is 0.491 e. The maximum atomic E-state index is 12.6. The molecule has 2 N–H and O–H groups in total. The number of aliphatic hydroxyl groups is 1. The van der Waals surface area contributed by atoms with Crippen molar-refractivity contribution in [1.82, 2.24) is 15.2 Å². The maximum absolute atomic E-state index is 12.6. The highest BCUT2D eigenvalue weighted by atomic mass is 16.5. The first-order chi connectivity index (χ1) is 14.3. The van der Waals surface area contributed by atoms with Crippen LogP contribution in [0.5, 0.6) is 5.75 Å². The lowest BCUT2D eigenvalue weighted by Gasteiger charge is -2.27. The average Bonchev–Trinajstić information content (AvgIpc) is 3.24. The number of nitrogens with zero attached hydrogens (tertiary/aromatic N) is 4. The lowest BCUT2D eigenvalue weighted by atomic mass is 10.1. The topological polar surface area (TPSA) is 109 Å². The zero-order valence-corrected chi connectivity index (χ0v) is 15.7. The molecule has 150 valence electrons. The Hall–Kier alpha value is -3.30. The standard InChI is InChI=1S/C20H21N5O4/c26-8-9-28-10-11-29-15-3-4-16-17(12-15)23-20(25-7-6-22-18(16)25)24-19(27)14-2-1-5-21-13-14/h1-5,12-13,26H,6-11H2,(H,23,24,27). The van der Waals surface area contributed by atoms with Crippen molar-refractivity contribution in [3.05, 3.63) is 53.9 Å². The Morgan fingerprint density at radius 2 is 2.17 bits per heavy atom. The van der Waals surface area contributed by atoms with E-state index < -0.39 is 0 Å². The van der Waals surface area contributed by atoms with Crippen LogP contribution in [0.2, 0.25) is 0 Å². The molecule has 1 aromatic heterocycles. The molecule has 2 aliphatic heterocycles. The van der Waals surface area contributed by atoms with Crippen LogP contribution in [-0.2, 0) is 4.74 Å². The number of amides is 1. The summed E-state index contributed by atoms with van der Waals surface area (Å²) in [5.74, 6) is 1.59. The normalized spacial score (nSPS) is 14.6. The van der Waals surface area contributed by atoms with E-state index in [9.17, 15) is 4.79 Å². The Bertz CT molecular complexity index is 945. The number of nitrogens with one attached hydrogen (secondary N) is 1. The van der Waals surface area contributed by atoms with Gasteiger partial charge in [0.25, 0.3) is 5.91 Å². The molecule has 0 radical (unpaired) electrons. The molecular formula is C20H21N5O4. The van der Waals surface area contributed by atoms with Gasteiger partial charge < -0.3 is 14.6 Å². The molecule has 1 aromatic carbocycles. The first kappa shape index (κ1) is 19.0. The molecule has 29 heavy (non-hydrogen) atoms. The number of aliphatic imine (C=N–C) groups is 2. The number of aromatic nitrogens is 1. The summed E-state index contributed by atoms with van der Waals surface area (Å²) in [6.07, 6.45) is 3.13. The highest BCUT2D eigenvalue weighted by Gasteiger charge is 2.30. The molecule has 0 saturated heterocycles. The molecule has 3 heterocycles. The number of pyridine rings is 1. The number of ether oxygens (including phenoxy) is 2. The molecule has 0 aliphatic carbocycles. The van der Waals surface area contributed by atoms with E-state index in [0.717, 1.165) is 11.4 Å². The van der Waals surface area contributed by atoms with Crippen LogP contribution in [0, 0.1) is 0 Å². The SMILES string of the molecule is O=C(NC1=Nc2cc(OCCOCCO)ccc2C2=NCCN12)c1cccnc1. The van der Waals surface area contributed by atoms with E-state index in [4.69, 9.17) is 14.6 Å². The Morgan fingerprint density at radius 3 is 3.00 bits per heavy atom. The van der Waals surface area contributed by atoms with Gasteiger partial charge in [0.1, 0.15) is 18.2 Å². The van der Waals surface area contributed by atoms with E-state index >= 15 is 0 Å². The van der Waals surface area contributed by atoms with Gasteiger partial charge in [-0.25, -0.2) is 4.99 Å². The molecule has 0 bridgehead atoms. The van der Waals surface area contributed by atoms with E-state index in [0.29, 0.717) is 49.3 Å². The molecule has 0 fully saturated rings. The number of carbonyl (C=O) groups is 1. The van der Waals surface area contributed by atoms with Crippen molar-refractivity contribution in [2.24, 2.45) is 9.98 Å². The number of aliphatic hydroxyl groups excluding tert-OH is 1. The summed E-state index contributed by atoms with van der Waals surface area (Å²) in [5.41, 5.74) is 2.03. The van der Waals surface area contributed by atoms with Gasteiger partial charge in [0.15, 0.2) is 0 Å². The molecule has 0 unspecified atom stereocenters. The van der Waals surface area contributed by atoms with Gasteiger partial charge >= 0.3 is 0 Å². The maximum Gasteiger partial charge on any atom is 0.259 e. The van der Waals surface area contributed by atoms with E-state index in [2.05, 4.69) is 20.3 Å². The lowest BCUT2D eigenvalue weighted by Crippen LogP contribution is -2.47. The Kier molecular flexibility index (Phi) is 5.78. The highest BCUT2D eigenvalue weighted by molar-refractivity contribution is 6.19. The van der Waals surface area contributed by atoms with Crippen LogP contribution >= 0.6 is 0 Å². The molecule has 0 spiro atoms. The summed E-state index contributed by atoms with van der Waals surface area (Å²) in [7, 11) is 0. The number of hydrogen-bond donors (Lipinski definition) is 2. The zero-order valence-electron chi connectivity index (χ0n) is 15.7. The van der Waals surface area contributed by atoms with Crippen LogP contribution in [0.25, 0.3) is 0 Å². The zero-order chi connectivity index (χ0) is 20.1. The Balaban J connectivity index is 1.53. The number of amidine groups is 1. The summed E-state index contributed by atoms with van der Waals surface area (Å²) in [6, 6.07) is 9.00. The smallest absolute Gasteiger partial charge is 0.259 e. The predicted octanol–water partition coefficient (Wildman–Crippen LogP) is 0.963. The molecule has 2 aromatic rings. The third-order valence-electron chi connectivity index (χ3n) is 4.41. The minimum absolute atomic E-state index is 0.0142. The fourth-order valence-electron chi connectivity index (χ4n) is 3.09. The first-order valence-corrected chi connectivity index (χ1v) is 9.34. The summed E-state index contributed by atoms with van der Waals surface area (Å²) in [6.45, 7) is 2.31. The van der Waals surface area contributed by atoms with Crippen molar-refractivity contribution in [3.63, 3.8) is 0 Å². The van der Waals surface area contributed by atoms with E-state index in [1.54, 1.807) is 18.3 Å². The van der Waals surface area contributed by atoms with Crippen molar-refractivity contribution in [3.8, 4) is 5.75 Å². The van der Waals surface area contributed by atoms with Crippen LogP contribution in [0.3, 0.4) is 0 Å². The third kappa shape index (κ3) is 4.25. The van der Waals surface area contributed by atoms with Gasteiger partial charge in [0.2, 0.25) is 5.96 Å². The summed E-state index contributed by atoms with van der Waals surface area (Å²) >= 11 is 0. The number of benzene rings is 1. The monoisotopic (exact) mass is 395 g/mol. The van der Waals surface area contributed by atoms with Gasteiger partial charge in [-0.15, -0.1) is 0 Å². The van der Waals surface area contributed by atoms with Crippen LogP contribution in [0.1, 0.15) is 15.9 Å². The van der Waals surface area contributed by atoms with Crippen molar-refractivity contribution in [1.29, 1.82) is 0 Å². The highest BCUT2D eigenvalue weighted by Crippen LogP contribution is 2.31. The number of guanidine groups is 1. The summed E-state index contributed by atoms with van der Waals surface area (Å²) < 4.78 is 10.9. The molecule has 0 atom stereocenters. The van der Waals surface area contributed by atoms with Gasteiger partial charge in [0.05, 0.1) is 37.6 Å². The van der Waals surface area contributed by atoms with Gasteiger partial charge in [-0.3, -0.25) is 25.0 Å². The van der Waals surface area contributed by atoms with Gasteiger partial charge in [0, 0.05) is 30.6 Å². The summed E-state index contributed by atoms with van der Waals surface area (Å²) in [5, 5.41) is 11.6. The van der Waals surface area contributed by atoms with E-state index in [1.807, 2.05) is 23.1 Å². The first-order valence-electron chi connectivity index (χ1n) is 9.34. The van der Waals surface area contributed by atoms with E-state index in [1.165, 1.54) is 6.20 Å². The van der Waals surface area contributed by atoms with Gasteiger partial charge in [-0.2, -0.15) is 0 Å². The Labute approximate surface area is 167 Å². The van der Waals surface area contributed by atoms with Crippen molar-refractivity contribution in [2.45, 2.75) is 0 Å². The molecule has 2 aliphatic rings. The number of fused-ring (bicyclic) bond motifs is 3. The molecule has 0 saturated carbocycles. The minimum atomic E-state index is -0.278. The van der Waals surface area contributed by atoms with E-state index in [-0.39, 0.29) is 19.1 Å². The molecule has 9 heteroatoms. The second-order valence-electron chi connectivity index (χ2n) is 6.35. The third-order valence-corrected chi connectivity index (χ3v) is 4.41. The molecule has 9 nitrogen and oxygen atoms in total. The number of hydrogen-bond acceptors (Lipinski definition) is 8. The Morgan fingerprint density at radius 1 is 1.24 bits per heavy atom. The fraction of sp³-hybridized carbons (Fsp3) is 0.300. The number of rotatable bonds is 7. The predicted molar refractivity (Wildman–Crippen MR) is 107 cm³/mol. The van der Waals surface area contributed by atoms with Gasteiger partial charge in [-0.1, -0.05) is 0 Å². The summed E-state index contributed by atoms with van der Waals surface area (Å²) in [4.78, 5) is 27.6. The van der Waals surface area contributed by atoms with Crippen LogP contribution in [0.4, 0.5) is 5.69 Å². The number of carbonyl (C=O) groups excluding carboxylic acids is 1. The molecule has 1 amide bonds. The minimum Gasteiger partial charge on any atom is -0.491 e. The van der Waals surface area contributed by atoms with Crippen molar-refractivity contribution < 1.29 is 19.4 Å². The van der Waals surface area contributed by atoms with Crippen molar-refractivity contribution in [2.75, 3.05) is 39.5 Å².